The van der Waals surface area contributed by atoms with Crippen LogP contribution in [0.5, 0.6) is 0 Å². The van der Waals surface area contributed by atoms with E-state index >= 15 is 0 Å². The first-order chi connectivity index (χ1) is 9.74. The van der Waals surface area contributed by atoms with E-state index in [-0.39, 0.29) is 5.56 Å². The molecule has 0 fully saturated rings. The molecule has 0 amide bonds. The quantitative estimate of drug-likeness (QED) is 0.476. The summed E-state index contributed by atoms with van der Waals surface area (Å²) in [5.74, 6) is 5.40. The van der Waals surface area contributed by atoms with Crippen LogP contribution in [0.1, 0.15) is 31.8 Å². The van der Waals surface area contributed by atoms with Gasteiger partial charge in [-0.25, -0.2) is 4.79 Å². The minimum absolute atomic E-state index is 0.224. The lowest BCUT2D eigenvalue weighted by Gasteiger charge is -2.02. The molecule has 3 nitrogen and oxygen atoms in total. The predicted molar refractivity (Wildman–Crippen MR) is 75.6 cm³/mol. The van der Waals surface area contributed by atoms with E-state index in [0.717, 1.165) is 5.56 Å². The van der Waals surface area contributed by atoms with Gasteiger partial charge in [-0.05, 0) is 30.3 Å². The molecule has 0 unspecified atom stereocenters. The van der Waals surface area contributed by atoms with Gasteiger partial charge < -0.3 is 4.74 Å². The number of ether oxygens (including phenoxy) is 1. The smallest absolute Gasteiger partial charge is 0.338 e. The number of methoxy groups -OCH3 is 1. The van der Waals surface area contributed by atoms with Crippen LogP contribution in [0.4, 0.5) is 0 Å². The monoisotopic (exact) mass is 264 g/mol. The Balaban J connectivity index is 2.37. The second-order valence-corrected chi connectivity index (χ2v) is 4.03. The van der Waals surface area contributed by atoms with Crippen molar-refractivity contribution in [3.63, 3.8) is 0 Å². The van der Waals surface area contributed by atoms with Gasteiger partial charge in [-0.1, -0.05) is 30.0 Å². The second kappa shape index (κ2) is 6.35. The first kappa shape index (κ1) is 13.6. The lowest BCUT2D eigenvalue weighted by molar-refractivity contribution is 0.0598. The molecular weight excluding hydrogens is 252 g/mol. The first-order valence-corrected chi connectivity index (χ1v) is 5.99. The van der Waals surface area contributed by atoms with Gasteiger partial charge in [0.1, 0.15) is 0 Å². The van der Waals surface area contributed by atoms with Crippen molar-refractivity contribution in [2.75, 3.05) is 7.11 Å². The van der Waals surface area contributed by atoms with Crippen molar-refractivity contribution in [2.45, 2.75) is 0 Å². The lowest BCUT2D eigenvalue weighted by Crippen LogP contribution is -2.05. The summed E-state index contributed by atoms with van der Waals surface area (Å²) >= 11 is 0. The molecule has 0 N–H and O–H groups in total. The van der Waals surface area contributed by atoms with E-state index in [1.165, 1.54) is 7.11 Å². The average Bonchev–Trinajstić information content (AvgIpc) is 2.52. The molecule has 20 heavy (non-hydrogen) atoms. The Labute approximate surface area is 117 Å². The summed E-state index contributed by atoms with van der Waals surface area (Å²) in [6, 6.07) is 14.3. The third kappa shape index (κ3) is 3.12. The van der Waals surface area contributed by atoms with E-state index in [1.54, 1.807) is 18.2 Å². The van der Waals surface area contributed by atoms with Gasteiger partial charge in [0, 0.05) is 16.7 Å². The summed E-state index contributed by atoms with van der Waals surface area (Å²) in [6.45, 7) is 0. The highest BCUT2D eigenvalue weighted by atomic mass is 16.5. The fourth-order valence-corrected chi connectivity index (χ4v) is 1.69. The molecule has 0 aromatic heterocycles. The Morgan fingerprint density at radius 1 is 1.05 bits per heavy atom. The van der Waals surface area contributed by atoms with Gasteiger partial charge in [0.2, 0.25) is 0 Å². The Hall–Kier alpha value is -2.86. The van der Waals surface area contributed by atoms with Crippen molar-refractivity contribution in [2.24, 2.45) is 0 Å². The van der Waals surface area contributed by atoms with Crippen LogP contribution in [-0.2, 0) is 4.74 Å². The normalized spacial score (nSPS) is 9.25. The number of esters is 1. The molecule has 0 bridgehead atoms. The van der Waals surface area contributed by atoms with Crippen LogP contribution < -0.4 is 0 Å². The number of rotatable bonds is 2. The summed E-state index contributed by atoms with van der Waals surface area (Å²) in [5, 5.41) is 0. The standard InChI is InChI=1S/C17H12O3/c1-20-17(19)16-11-14(9-10-15(16)12-18)8-7-13-5-3-2-4-6-13/h2-6,9-12H,1H3. The van der Waals surface area contributed by atoms with Gasteiger partial charge in [0.05, 0.1) is 12.7 Å². The van der Waals surface area contributed by atoms with E-state index in [2.05, 4.69) is 16.6 Å². The highest BCUT2D eigenvalue weighted by molar-refractivity contribution is 5.98. The zero-order chi connectivity index (χ0) is 14.4. The summed E-state index contributed by atoms with van der Waals surface area (Å²) in [6.07, 6.45) is 0.626. The second-order valence-electron chi connectivity index (χ2n) is 4.03. The fraction of sp³-hybridized carbons (Fsp3) is 0.0588. The maximum atomic E-state index is 11.6. The van der Waals surface area contributed by atoms with Crippen molar-refractivity contribution < 1.29 is 14.3 Å². The van der Waals surface area contributed by atoms with Crippen LogP contribution in [0.15, 0.2) is 48.5 Å². The minimum Gasteiger partial charge on any atom is -0.465 e. The maximum Gasteiger partial charge on any atom is 0.338 e. The number of carbonyl (C=O) groups is 2. The number of hydrogen-bond acceptors (Lipinski definition) is 3. The van der Waals surface area contributed by atoms with Crippen molar-refractivity contribution in [3.05, 3.63) is 70.8 Å². The van der Waals surface area contributed by atoms with Crippen LogP contribution in [0.2, 0.25) is 0 Å². The van der Waals surface area contributed by atoms with Crippen molar-refractivity contribution >= 4 is 12.3 Å². The molecule has 2 aromatic carbocycles. The topological polar surface area (TPSA) is 43.4 Å². The van der Waals surface area contributed by atoms with Gasteiger partial charge in [-0.2, -0.15) is 0 Å². The molecule has 0 aliphatic heterocycles. The van der Waals surface area contributed by atoms with Crippen LogP contribution in [0, 0.1) is 11.8 Å². The Bertz CT molecular complexity index is 691. The lowest BCUT2D eigenvalue weighted by atomic mass is 10.0. The molecule has 0 spiro atoms. The van der Waals surface area contributed by atoms with E-state index in [0.29, 0.717) is 17.4 Å². The Kier molecular flexibility index (Phi) is 4.31. The third-order valence-electron chi connectivity index (χ3n) is 2.71. The summed E-state index contributed by atoms with van der Waals surface area (Å²) in [5.41, 5.74) is 2.05. The highest BCUT2D eigenvalue weighted by Gasteiger charge is 2.11. The molecule has 0 radical (unpaired) electrons. The average molecular weight is 264 g/mol. The van der Waals surface area contributed by atoms with Crippen LogP contribution in [-0.4, -0.2) is 19.4 Å². The zero-order valence-corrected chi connectivity index (χ0v) is 10.9. The number of hydrogen-bond donors (Lipinski definition) is 0. The molecular formula is C17H12O3. The summed E-state index contributed by atoms with van der Waals surface area (Å²) in [4.78, 5) is 22.5. The number of benzene rings is 2. The molecule has 0 aliphatic carbocycles. The van der Waals surface area contributed by atoms with Crippen molar-refractivity contribution in [1.29, 1.82) is 0 Å². The van der Waals surface area contributed by atoms with Gasteiger partial charge in [-0.15, -0.1) is 0 Å². The SMILES string of the molecule is COC(=O)c1cc(C#Cc2ccccc2)ccc1C=O. The Morgan fingerprint density at radius 2 is 1.75 bits per heavy atom. The van der Waals surface area contributed by atoms with Gasteiger partial charge in [0.25, 0.3) is 0 Å². The van der Waals surface area contributed by atoms with Gasteiger partial charge in [0.15, 0.2) is 6.29 Å². The predicted octanol–water partition coefficient (Wildman–Crippen LogP) is 2.69. The highest BCUT2D eigenvalue weighted by Crippen LogP contribution is 2.11. The number of aldehydes is 1. The van der Waals surface area contributed by atoms with E-state index in [1.807, 2.05) is 30.3 Å². The molecule has 0 saturated heterocycles. The third-order valence-corrected chi connectivity index (χ3v) is 2.71. The van der Waals surface area contributed by atoms with Gasteiger partial charge in [-0.3, -0.25) is 4.79 Å². The molecule has 2 aromatic rings. The molecule has 0 saturated carbocycles. The maximum absolute atomic E-state index is 11.6. The molecule has 2 rings (SSSR count). The first-order valence-electron chi connectivity index (χ1n) is 5.99. The van der Waals surface area contributed by atoms with Crippen molar-refractivity contribution in [1.82, 2.24) is 0 Å². The van der Waals surface area contributed by atoms with E-state index in [4.69, 9.17) is 0 Å². The van der Waals surface area contributed by atoms with Gasteiger partial charge >= 0.3 is 5.97 Å². The molecule has 0 heterocycles. The molecule has 0 atom stereocenters. The number of carbonyl (C=O) groups excluding carboxylic acids is 2. The minimum atomic E-state index is -0.546. The zero-order valence-electron chi connectivity index (χ0n) is 10.9. The fourth-order valence-electron chi connectivity index (χ4n) is 1.69. The van der Waals surface area contributed by atoms with Crippen LogP contribution in [0.25, 0.3) is 0 Å². The largest absolute Gasteiger partial charge is 0.465 e. The van der Waals surface area contributed by atoms with E-state index in [9.17, 15) is 9.59 Å². The Morgan fingerprint density at radius 3 is 2.40 bits per heavy atom. The summed E-state index contributed by atoms with van der Waals surface area (Å²) in [7, 11) is 1.28. The molecule has 98 valence electrons. The molecule has 0 aliphatic rings. The van der Waals surface area contributed by atoms with Crippen LogP contribution >= 0.6 is 0 Å². The van der Waals surface area contributed by atoms with E-state index < -0.39 is 5.97 Å². The van der Waals surface area contributed by atoms with Crippen molar-refractivity contribution in [3.8, 4) is 11.8 Å². The van der Waals surface area contributed by atoms with Crippen LogP contribution in [0.3, 0.4) is 0 Å². The summed E-state index contributed by atoms with van der Waals surface area (Å²) < 4.78 is 4.65. The molecule has 3 heteroatoms.